The van der Waals surface area contributed by atoms with Crippen molar-refractivity contribution in [3.8, 4) is 0 Å². The molecule has 0 spiro atoms. The second-order valence-electron chi connectivity index (χ2n) is 4.84. The van der Waals surface area contributed by atoms with Gasteiger partial charge in [-0.15, -0.1) is 0 Å². The number of pyridine rings is 1. The van der Waals surface area contributed by atoms with Gasteiger partial charge in [-0.25, -0.2) is 4.39 Å². The van der Waals surface area contributed by atoms with Gasteiger partial charge in [0.1, 0.15) is 5.82 Å². The van der Waals surface area contributed by atoms with Crippen LogP contribution < -0.4 is 11.1 Å². The molecule has 0 saturated carbocycles. The molecule has 3 rings (SSSR count). The lowest BCUT2D eigenvalue weighted by Crippen LogP contribution is -1.97. The first kappa shape index (κ1) is 13.8. The molecule has 0 unspecified atom stereocenters. The Bertz CT molecular complexity index is 833. The maximum atomic E-state index is 13.4. The molecule has 0 saturated heterocycles. The molecule has 0 bridgehead atoms. The molecule has 0 fully saturated rings. The zero-order valence-electron chi connectivity index (χ0n) is 11.3. The van der Waals surface area contributed by atoms with Crippen molar-refractivity contribution in [2.75, 3.05) is 11.1 Å². The zero-order chi connectivity index (χ0) is 15.0. The van der Waals surface area contributed by atoms with Crippen molar-refractivity contribution in [3.05, 3.63) is 58.4 Å². The molecule has 3 N–H and O–H groups in total. The molecule has 1 heterocycles. The summed E-state index contributed by atoms with van der Waals surface area (Å²) < 4.78 is 14.2. The maximum absolute atomic E-state index is 13.4. The van der Waals surface area contributed by atoms with Gasteiger partial charge in [0.25, 0.3) is 0 Å². The Hall–Kier alpha value is -2.14. The SMILES string of the molecule is Cc1cc(Nc2cc(F)ccc2Br)c2cc(N)ccc2n1. The van der Waals surface area contributed by atoms with Crippen LogP contribution in [-0.2, 0) is 0 Å². The van der Waals surface area contributed by atoms with E-state index in [-0.39, 0.29) is 5.82 Å². The van der Waals surface area contributed by atoms with Crippen molar-refractivity contribution in [3.63, 3.8) is 0 Å². The van der Waals surface area contributed by atoms with Crippen molar-refractivity contribution < 1.29 is 4.39 Å². The van der Waals surface area contributed by atoms with Gasteiger partial charge in [-0.3, -0.25) is 4.98 Å². The highest BCUT2D eigenvalue weighted by Crippen LogP contribution is 2.31. The van der Waals surface area contributed by atoms with Gasteiger partial charge in [0.15, 0.2) is 0 Å². The third-order valence-electron chi connectivity index (χ3n) is 3.16. The molecule has 0 aliphatic rings. The number of aromatic nitrogens is 1. The number of fused-ring (bicyclic) bond motifs is 1. The van der Waals surface area contributed by atoms with Gasteiger partial charge in [-0.05, 0) is 65.3 Å². The predicted molar refractivity (Wildman–Crippen MR) is 88.3 cm³/mol. The zero-order valence-corrected chi connectivity index (χ0v) is 12.9. The van der Waals surface area contributed by atoms with E-state index in [9.17, 15) is 4.39 Å². The second-order valence-corrected chi connectivity index (χ2v) is 5.69. The molecule has 106 valence electrons. The van der Waals surface area contributed by atoms with Crippen LogP contribution in [0.2, 0.25) is 0 Å². The van der Waals surface area contributed by atoms with E-state index in [1.807, 2.05) is 31.2 Å². The third kappa shape index (κ3) is 2.83. The van der Waals surface area contributed by atoms with Gasteiger partial charge in [0.2, 0.25) is 0 Å². The Balaban J connectivity index is 2.15. The first-order chi connectivity index (χ1) is 10.0. The quantitative estimate of drug-likeness (QED) is 0.657. The number of anilines is 3. The molecular weight excluding hydrogens is 333 g/mol. The van der Waals surface area contributed by atoms with Gasteiger partial charge in [-0.2, -0.15) is 0 Å². The monoisotopic (exact) mass is 345 g/mol. The summed E-state index contributed by atoms with van der Waals surface area (Å²) in [5.74, 6) is -0.296. The molecule has 3 nitrogen and oxygen atoms in total. The van der Waals surface area contributed by atoms with Crippen molar-refractivity contribution >= 4 is 43.9 Å². The van der Waals surface area contributed by atoms with Gasteiger partial charge >= 0.3 is 0 Å². The van der Waals surface area contributed by atoms with Crippen molar-refractivity contribution in [1.82, 2.24) is 4.98 Å². The minimum absolute atomic E-state index is 0.296. The standard InChI is InChI=1S/C16H13BrFN3/c1-9-6-15(12-8-11(19)3-5-14(12)20-9)21-16-7-10(18)2-4-13(16)17/h2-8H,19H2,1H3,(H,20,21). The van der Waals surface area contributed by atoms with E-state index >= 15 is 0 Å². The summed E-state index contributed by atoms with van der Waals surface area (Å²) in [6, 6.07) is 12.0. The molecule has 0 aliphatic carbocycles. The summed E-state index contributed by atoms with van der Waals surface area (Å²) in [5, 5.41) is 4.14. The summed E-state index contributed by atoms with van der Waals surface area (Å²) in [4.78, 5) is 4.48. The summed E-state index contributed by atoms with van der Waals surface area (Å²) in [6.45, 7) is 1.92. The second kappa shape index (κ2) is 5.33. The van der Waals surface area contributed by atoms with Gasteiger partial charge < -0.3 is 11.1 Å². The molecule has 0 radical (unpaired) electrons. The van der Waals surface area contributed by atoms with Crippen LogP contribution in [0.15, 0.2) is 46.9 Å². The fourth-order valence-electron chi connectivity index (χ4n) is 2.22. The van der Waals surface area contributed by atoms with E-state index in [2.05, 4.69) is 26.2 Å². The van der Waals surface area contributed by atoms with Crippen LogP contribution >= 0.6 is 15.9 Å². The summed E-state index contributed by atoms with van der Waals surface area (Å²) in [5.41, 5.74) is 9.74. The van der Waals surface area contributed by atoms with Crippen LogP contribution in [0.4, 0.5) is 21.5 Å². The van der Waals surface area contributed by atoms with Crippen LogP contribution in [-0.4, -0.2) is 4.98 Å². The number of halogens is 2. The van der Waals surface area contributed by atoms with E-state index in [1.165, 1.54) is 12.1 Å². The molecule has 0 amide bonds. The molecule has 2 aromatic carbocycles. The third-order valence-corrected chi connectivity index (χ3v) is 3.85. The maximum Gasteiger partial charge on any atom is 0.125 e. The Kier molecular flexibility index (Phi) is 3.51. The minimum atomic E-state index is -0.296. The van der Waals surface area contributed by atoms with E-state index in [0.717, 1.165) is 26.8 Å². The van der Waals surface area contributed by atoms with Crippen molar-refractivity contribution in [2.45, 2.75) is 6.92 Å². The first-order valence-corrected chi connectivity index (χ1v) is 7.21. The number of hydrogen-bond donors (Lipinski definition) is 2. The van der Waals surface area contributed by atoms with E-state index < -0.39 is 0 Å². The average molecular weight is 346 g/mol. The molecule has 5 heteroatoms. The highest BCUT2D eigenvalue weighted by Gasteiger charge is 2.08. The molecular formula is C16H13BrFN3. The fraction of sp³-hybridized carbons (Fsp3) is 0.0625. The van der Waals surface area contributed by atoms with Crippen molar-refractivity contribution in [2.24, 2.45) is 0 Å². The lowest BCUT2D eigenvalue weighted by Gasteiger charge is -2.13. The van der Waals surface area contributed by atoms with Gasteiger partial charge in [-0.1, -0.05) is 0 Å². The van der Waals surface area contributed by atoms with Crippen LogP contribution in [0.1, 0.15) is 5.69 Å². The largest absolute Gasteiger partial charge is 0.399 e. The van der Waals surface area contributed by atoms with Crippen LogP contribution in [0.5, 0.6) is 0 Å². The first-order valence-electron chi connectivity index (χ1n) is 6.42. The fourth-order valence-corrected chi connectivity index (χ4v) is 2.56. The number of rotatable bonds is 2. The van der Waals surface area contributed by atoms with Crippen LogP contribution in [0.3, 0.4) is 0 Å². The number of nitrogens with zero attached hydrogens (tertiary/aromatic N) is 1. The van der Waals surface area contributed by atoms with Crippen molar-refractivity contribution in [1.29, 1.82) is 0 Å². The Labute approximate surface area is 130 Å². The Morgan fingerprint density at radius 2 is 1.90 bits per heavy atom. The lowest BCUT2D eigenvalue weighted by atomic mass is 10.1. The van der Waals surface area contributed by atoms with Crippen LogP contribution in [0, 0.1) is 12.7 Å². The number of nitrogens with one attached hydrogen (secondary N) is 1. The average Bonchev–Trinajstić information content (AvgIpc) is 2.43. The van der Waals surface area contributed by atoms with Crippen LogP contribution in [0.25, 0.3) is 10.9 Å². The number of benzene rings is 2. The topological polar surface area (TPSA) is 50.9 Å². The summed E-state index contributed by atoms with van der Waals surface area (Å²) >= 11 is 3.42. The highest BCUT2D eigenvalue weighted by molar-refractivity contribution is 9.10. The molecule has 21 heavy (non-hydrogen) atoms. The highest BCUT2D eigenvalue weighted by atomic mass is 79.9. The molecule has 0 aliphatic heterocycles. The molecule has 1 aromatic heterocycles. The Morgan fingerprint density at radius 3 is 2.71 bits per heavy atom. The van der Waals surface area contributed by atoms with Gasteiger partial charge in [0, 0.05) is 26.9 Å². The normalized spacial score (nSPS) is 10.8. The molecule has 0 atom stereocenters. The van der Waals surface area contributed by atoms with E-state index in [1.54, 1.807) is 6.07 Å². The van der Waals surface area contributed by atoms with E-state index in [4.69, 9.17) is 5.73 Å². The number of hydrogen-bond acceptors (Lipinski definition) is 3. The predicted octanol–water partition coefficient (Wildman–Crippen LogP) is 4.77. The summed E-state index contributed by atoms with van der Waals surface area (Å²) in [7, 11) is 0. The summed E-state index contributed by atoms with van der Waals surface area (Å²) in [6.07, 6.45) is 0. The number of nitrogens with two attached hydrogens (primary N) is 1. The smallest absolute Gasteiger partial charge is 0.125 e. The minimum Gasteiger partial charge on any atom is -0.399 e. The molecule has 3 aromatic rings. The van der Waals surface area contributed by atoms with E-state index in [0.29, 0.717) is 11.4 Å². The number of aryl methyl sites for hydroxylation is 1. The lowest BCUT2D eigenvalue weighted by molar-refractivity contribution is 0.628. The van der Waals surface area contributed by atoms with Gasteiger partial charge in [0.05, 0.1) is 11.2 Å². The Morgan fingerprint density at radius 1 is 1.10 bits per heavy atom. The number of nitrogen functional groups attached to an aromatic ring is 1.